The van der Waals surface area contributed by atoms with Crippen molar-refractivity contribution >= 4 is 5.69 Å². The van der Waals surface area contributed by atoms with Crippen LogP contribution in [-0.4, -0.2) is 9.91 Å². The lowest BCUT2D eigenvalue weighted by Gasteiger charge is -2.11. The van der Waals surface area contributed by atoms with Gasteiger partial charge in [0.2, 0.25) is 0 Å². The molecule has 0 aliphatic heterocycles. The van der Waals surface area contributed by atoms with Crippen molar-refractivity contribution in [3.05, 3.63) is 69.5 Å². The first-order valence-corrected chi connectivity index (χ1v) is 5.69. The van der Waals surface area contributed by atoms with Crippen LogP contribution in [-0.2, 0) is 0 Å². The van der Waals surface area contributed by atoms with Crippen molar-refractivity contribution in [1.82, 2.24) is 4.98 Å². The van der Waals surface area contributed by atoms with Gasteiger partial charge in [0.25, 0.3) is 5.69 Å². The molecule has 2 rings (SSSR count). The van der Waals surface area contributed by atoms with E-state index in [0.717, 1.165) is 11.1 Å². The zero-order chi connectivity index (χ0) is 13.8. The molecular weight excluding hydrogens is 242 g/mol. The second-order valence-corrected chi connectivity index (χ2v) is 4.12. The Morgan fingerprint density at radius 3 is 2.58 bits per heavy atom. The van der Waals surface area contributed by atoms with Crippen LogP contribution >= 0.6 is 0 Å². The summed E-state index contributed by atoms with van der Waals surface area (Å²) >= 11 is 0. The molecule has 5 nitrogen and oxygen atoms in total. The molecule has 1 aromatic carbocycles. The van der Waals surface area contributed by atoms with Gasteiger partial charge in [0.15, 0.2) is 0 Å². The molecule has 94 valence electrons. The number of nitrogens with zero attached hydrogens (tertiary/aromatic N) is 3. The Labute approximate surface area is 110 Å². The average Bonchev–Trinajstić information content (AvgIpc) is 2.42. The molecule has 0 saturated heterocycles. The topological polar surface area (TPSA) is 79.8 Å². The van der Waals surface area contributed by atoms with E-state index in [1.165, 1.54) is 18.3 Å². The van der Waals surface area contributed by atoms with Crippen molar-refractivity contribution in [1.29, 1.82) is 5.26 Å². The van der Waals surface area contributed by atoms with Crippen LogP contribution in [0.15, 0.2) is 42.6 Å². The molecule has 0 aliphatic carbocycles. The highest BCUT2D eigenvalue weighted by atomic mass is 16.6. The Morgan fingerprint density at radius 1 is 1.32 bits per heavy atom. The molecule has 0 bridgehead atoms. The molecule has 1 unspecified atom stereocenters. The average molecular weight is 253 g/mol. The number of aryl methyl sites for hydroxylation is 1. The van der Waals surface area contributed by atoms with Gasteiger partial charge in [0, 0.05) is 6.07 Å². The maximum atomic E-state index is 10.6. The summed E-state index contributed by atoms with van der Waals surface area (Å²) in [5.74, 6) is -0.512. The maximum absolute atomic E-state index is 10.6. The van der Waals surface area contributed by atoms with Crippen LogP contribution < -0.4 is 0 Å². The molecule has 0 saturated carbocycles. The minimum Gasteiger partial charge on any atom is -0.258 e. The van der Waals surface area contributed by atoms with Crippen molar-refractivity contribution in [2.75, 3.05) is 0 Å². The van der Waals surface area contributed by atoms with Crippen LogP contribution in [0.2, 0.25) is 0 Å². The molecule has 1 heterocycles. The molecule has 0 amide bonds. The van der Waals surface area contributed by atoms with Gasteiger partial charge in [-0.3, -0.25) is 15.1 Å². The smallest absolute Gasteiger partial charge is 0.258 e. The number of pyridine rings is 1. The zero-order valence-electron chi connectivity index (χ0n) is 10.3. The summed E-state index contributed by atoms with van der Waals surface area (Å²) in [5.41, 5.74) is 2.30. The zero-order valence-corrected chi connectivity index (χ0v) is 10.3. The van der Waals surface area contributed by atoms with E-state index < -0.39 is 10.8 Å². The van der Waals surface area contributed by atoms with Crippen molar-refractivity contribution in [2.45, 2.75) is 12.8 Å². The van der Waals surface area contributed by atoms with Gasteiger partial charge in [-0.2, -0.15) is 5.26 Å². The maximum Gasteiger partial charge on any atom is 0.287 e. The number of aromatic nitrogens is 1. The molecule has 0 aliphatic rings. The number of nitriles is 1. The molecule has 1 atom stereocenters. The van der Waals surface area contributed by atoms with E-state index in [0.29, 0.717) is 5.69 Å². The number of benzene rings is 1. The first-order valence-electron chi connectivity index (χ1n) is 5.69. The third kappa shape index (κ3) is 2.58. The first-order chi connectivity index (χ1) is 9.13. The Kier molecular flexibility index (Phi) is 3.53. The van der Waals surface area contributed by atoms with E-state index in [4.69, 9.17) is 0 Å². The van der Waals surface area contributed by atoms with Crippen LogP contribution in [0, 0.1) is 28.4 Å². The second-order valence-electron chi connectivity index (χ2n) is 4.12. The summed E-state index contributed by atoms with van der Waals surface area (Å²) in [7, 11) is 0. The van der Waals surface area contributed by atoms with Gasteiger partial charge in [-0.15, -0.1) is 0 Å². The molecular formula is C14H11N3O2. The van der Waals surface area contributed by atoms with E-state index in [9.17, 15) is 15.4 Å². The van der Waals surface area contributed by atoms with Gasteiger partial charge in [-0.1, -0.05) is 24.3 Å². The van der Waals surface area contributed by atoms with Gasteiger partial charge in [0.05, 0.1) is 16.7 Å². The molecule has 0 fully saturated rings. The normalized spacial score (nSPS) is 11.6. The van der Waals surface area contributed by atoms with E-state index in [1.54, 1.807) is 0 Å². The fraction of sp³-hybridized carbons (Fsp3) is 0.143. The van der Waals surface area contributed by atoms with Crippen LogP contribution in [0.1, 0.15) is 22.7 Å². The lowest BCUT2D eigenvalue weighted by molar-refractivity contribution is -0.385. The first kappa shape index (κ1) is 12.7. The molecule has 1 aromatic heterocycles. The summed E-state index contributed by atoms with van der Waals surface area (Å²) in [5, 5.41) is 19.9. The van der Waals surface area contributed by atoms with Crippen LogP contribution in [0.4, 0.5) is 5.69 Å². The van der Waals surface area contributed by atoms with Crippen LogP contribution in [0.5, 0.6) is 0 Å². The number of hydrogen-bond donors (Lipinski definition) is 0. The Morgan fingerprint density at radius 2 is 2.05 bits per heavy atom. The Hall–Kier alpha value is -2.74. The molecule has 5 heteroatoms. The summed E-state index contributed by atoms with van der Waals surface area (Å²) in [6.07, 6.45) is 1.18. The standard InChI is InChI=1S/C14H11N3O2/c1-10-4-2-3-5-12(10)13(8-15)14-7-6-11(9-16-14)17(18)19/h2-7,9,13H,1H3. The number of nitro groups is 1. The fourth-order valence-corrected chi connectivity index (χ4v) is 1.88. The highest BCUT2D eigenvalue weighted by Gasteiger charge is 2.17. The highest BCUT2D eigenvalue weighted by Crippen LogP contribution is 2.25. The van der Waals surface area contributed by atoms with E-state index in [1.807, 2.05) is 31.2 Å². The van der Waals surface area contributed by atoms with Gasteiger partial charge < -0.3 is 0 Å². The predicted octanol–water partition coefficient (Wildman–Crippen LogP) is 2.95. The van der Waals surface area contributed by atoms with Gasteiger partial charge in [0.1, 0.15) is 12.1 Å². The minimum absolute atomic E-state index is 0.0785. The summed E-state index contributed by atoms with van der Waals surface area (Å²) in [4.78, 5) is 14.1. The predicted molar refractivity (Wildman–Crippen MR) is 69.5 cm³/mol. The largest absolute Gasteiger partial charge is 0.287 e. The number of rotatable bonds is 3. The van der Waals surface area contributed by atoms with Crippen molar-refractivity contribution < 1.29 is 4.92 Å². The molecule has 19 heavy (non-hydrogen) atoms. The Bertz CT molecular complexity index is 644. The third-order valence-corrected chi connectivity index (χ3v) is 2.91. The van der Waals surface area contributed by atoms with E-state index in [-0.39, 0.29) is 5.69 Å². The molecule has 0 radical (unpaired) electrons. The van der Waals surface area contributed by atoms with Crippen LogP contribution in [0.3, 0.4) is 0 Å². The summed E-state index contributed by atoms with van der Waals surface area (Å²) in [6, 6.07) is 12.6. The second kappa shape index (κ2) is 5.27. The monoisotopic (exact) mass is 253 g/mol. The molecule has 0 spiro atoms. The highest BCUT2D eigenvalue weighted by molar-refractivity contribution is 5.41. The van der Waals surface area contributed by atoms with Crippen molar-refractivity contribution in [2.24, 2.45) is 0 Å². The fourth-order valence-electron chi connectivity index (χ4n) is 1.88. The lowest BCUT2D eigenvalue weighted by atomic mass is 9.93. The molecule has 0 N–H and O–H groups in total. The van der Waals surface area contributed by atoms with Crippen LogP contribution in [0.25, 0.3) is 0 Å². The van der Waals surface area contributed by atoms with Gasteiger partial charge in [-0.25, -0.2) is 0 Å². The molecule has 2 aromatic rings. The van der Waals surface area contributed by atoms with Gasteiger partial charge in [-0.05, 0) is 24.1 Å². The van der Waals surface area contributed by atoms with Crippen molar-refractivity contribution in [3.8, 4) is 6.07 Å². The summed E-state index contributed by atoms with van der Waals surface area (Å²) < 4.78 is 0. The third-order valence-electron chi connectivity index (χ3n) is 2.91. The number of hydrogen-bond acceptors (Lipinski definition) is 4. The quantitative estimate of drug-likeness (QED) is 0.622. The summed E-state index contributed by atoms with van der Waals surface area (Å²) in [6.45, 7) is 1.92. The Balaban J connectivity index is 2.41. The minimum atomic E-state index is -0.512. The van der Waals surface area contributed by atoms with Crippen molar-refractivity contribution in [3.63, 3.8) is 0 Å². The van der Waals surface area contributed by atoms with E-state index in [2.05, 4.69) is 11.1 Å². The van der Waals surface area contributed by atoms with Gasteiger partial charge >= 0.3 is 0 Å². The van der Waals surface area contributed by atoms with E-state index >= 15 is 0 Å². The SMILES string of the molecule is Cc1ccccc1C(C#N)c1ccc([N+](=O)[O-])cn1. The lowest BCUT2D eigenvalue weighted by Crippen LogP contribution is -2.03.